The average molecular weight is 545 g/mol. The fourth-order valence-corrected chi connectivity index (χ4v) is 5.29. The third-order valence-corrected chi connectivity index (χ3v) is 8.56. The maximum absolute atomic E-state index is 10.3. The molecule has 224 valence electrons. The van der Waals surface area contributed by atoms with Crippen molar-refractivity contribution in [2.45, 2.75) is 153 Å². The number of aliphatic hydroxyl groups excluding tert-OH is 3. The van der Waals surface area contributed by atoms with Crippen LogP contribution in [0.1, 0.15) is 104 Å². The molecule has 8 heteroatoms. The molecule has 8 nitrogen and oxygen atoms in total. The van der Waals surface area contributed by atoms with Crippen LogP contribution < -0.4 is 0 Å². The van der Waals surface area contributed by atoms with Crippen LogP contribution >= 0.6 is 0 Å². The van der Waals surface area contributed by atoms with Crippen LogP contribution in [0.25, 0.3) is 0 Å². The zero-order valence-electron chi connectivity index (χ0n) is 24.2. The van der Waals surface area contributed by atoms with E-state index in [2.05, 4.69) is 20.8 Å². The van der Waals surface area contributed by atoms with Crippen molar-refractivity contribution in [2.24, 2.45) is 5.41 Å². The normalized spacial score (nSPS) is 38.1. The molecule has 0 aromatic heterocycles. The van der Waals surface area contributed by atoms with Crippen LogP contribution in [-0.2, 0) is 23.7 Å². The maximum atomic E-state index is 10.3. The van der Waals surface area contributed by atoms with Crippen molar-refractivity contribution in [1.29, 1.82) is 0 Å². The van der Waals surface area contributed by atoms with Crippen molar-refractivity contribution < 1.29 is 39.0 Å². The third kappa shape index (κ3) is 12.0. The van der Waals surface area contributed by atoms with Gasteiger partial charge in [-0.3, -0.25) is 0 Å². The molecule has 0 spiro atoms. The van der Waals surface area contributed by atoms with E-state index in [0.717, 1.165) is 96.7 Å². The predicted octanol–water partition coefficient (Wildman–Crippen LogP) is 4.15. The Bertz CT molecular complexity index is 551. The molecule has 2 saturated heterocycles. The number of aliphatic hydroxyl groups is 3. The Kier molecular flexibility index (Phi) is 14.3. The molecule has 3 aliphatic carbocycles. The Labute approximate surface area is 230 Å². The van der Waals surface area contributed by atoms with E-state index in [0.29, 0.717) is 32.0 Å². The first-order valence-corrected chi connectivity index (χ1v) is 15.4. The minimum Gasteiger partial charge on any atom is -0.390 e. The van der Waals surface area contributed by atoms with Gasteiger partial charge in [-0.05, 0) is 58.8 Å². The van der Waals surface area contributed by atoms with E-state index < -0.39 is 18.3 Å². The lowest BCUT2D eigenvalue weighted by Crippen LogP contribution is -2.45. The van der Waals surface area contributed by atoms with E-state index in [9.17, 15) is 15.3 Å². The summed E-state index contributed by atoms with van der Waals surface area (Å²) in [6.07, 6.45) is 12.0. The summed E-state index contributed by atoms with van der Waals surface area (Å²) in [7, 11) is 0. The van der Waals surface area contributed by atoms with Crippen molar-refractivity contribution in [3.05, 3.63) is 0 Å². The topological polar surface area (TPSA) is 113 Å². The van der Waals surface area contributed by atoms with E-state index in [1.54, 1.807) is 0 Å². The number of hydrogen-bond acceptors (Lipinski definition) is 8. The van der Waals surface area contributed by atoms with Gasteiger partial charge in [-0.2, -0.15) is 0 Å². The smallest absolute Gasteiger partial charge is 0.0834 e. The lowest BCUT2D eigenvalue weighted by atomic mass is 9.86. The van der Waals surface area contributed by atoms with Gasteiger partial charge < -0.3 is 39.0 Å². The minimum absolute atomic E-state index is 0.120. The molecule has 0 amide bonds. The van der Waals surface area contributed by atoms with Gasteiger partial charge in [0.2, 0.25) is 0 Å². The molecule has 5 rings (SSSR count). The Hall–Kier alpha value is -0.320. The van der Waals surface area contributed by atoms with Crippen molar-refractivity contribution in [3.8, 4) is 0 Å². The molecule has 3 saturated carbocycles. The van der Waals surface area contributed by atoms with Gasteiger partial charge in [-0.1, -0.05) is 45.4 Å². The van der Waals surface area contributed by atoms with E-state index in [1.165, 1.54) is 0 Å². The maximum Gasteiger partial charge on any atom is 0.0834 e. The van der Waals surface area contributed by atoms with Gasteiger partial charge in [0, 0.05) is 5.41 Å². The largest absolute Gasteiger partial charge is 0.390 e. The summed E-state index contributed by atoms with van der Waals surface area (Å²) in [6, 6.07) is 0. The molecule has 0 bridgehead atoms. The molecule has 0 radical (unpaired) electrons. The standard InChI is InChI=1S/C24H44O6.2C3H6O/c1-2-24(15-28-21-12-6-3-9-18(21)25,16-29-22-13-7-4-10-19(22)26)17-30-23-14-8-5-11-20(23)27;2*1-3-2-4-3/h18-23,25-27H,2-17H2,1H3;2*3H,2H2,1H3. The van der Waals surface area contributed by atoms with Crippen molar-refractivity contribution in [3.63, 3.8) is 0 Å². The molecule has 8 unspecified atom stereocenters. The van der Waals surface area contributed by atoms with E-state index >= 15 is 0 Å². The first kappa shape index (κ1) is 32.2. The first-order valence-electron chi connectivity index (χ1n) is 15.4. The molecule has 0 aromatic rings. The van der Waals surface area contributed by atoms with E-state index in [-0.39, 0.29) is 23.7 Å². The Morgan fingerprint density at radius 3 is 1.05 bits per heavy atom. The average Bonchev–Trinajstić information content (AvgIpc) is 3.87. The highest BCUT2D eigenvalue weighted by Crippen LogP contribution is 2.32. The lowest BCUT2D eigenvalue weighted by molar-refractivity contribution is -0.161. The summed E-state index contributed by atoms with van der Waals surface area (Å²) >= 11 is 0. The third-order valence-electron chi connectivity index (χ3n) is 8.56. The highest BCUT2D eigenvalue weighted by molar-refractivity contribution is 4.85. The molecule has 5 fully saturated rings. The summed E-state index contributed by atoms with van der Waals surface area (Å²) < 4.78 is 28.2. The molecule has 2 aliphatic heterocycles. The Balaban J connectivity index is 0.000000424. The minimum atomic E-state index is -0.393. The molecular weight excluding hydrogens is 488 g/mol. The van der Waals surface area contributed by atoms with Gasteiger partial charge in [0.05, 0.1) is 81.9 Å². The number of epoxide rings is 2. The molecule has 3 N–H and O–H groups in total. The first-order chi connectivity index (χ1) is 18.3. The lowest BCUT2D eigenvalue weighted by Gasteiger charge is -2.39. The van der Waals surface area contributed by atoms with Crippen LogP contribution in [0, 0.1) is 5.41 Å². The fraction of sp³-hybridized carbons (Fsp3) is 1.00. The van der Waals surface area contributed by atoms with Crippen LogP contribution in [-0.4, -0.2) is 97.2 Å². The highest BCUT2D eigenvalue weighted by atomic mass is 16.6. The summed E-state index contributed by atoms with van der Waals surface area (Å²) in [5, 5.41) is 31.0. The second-order valence-corrected chi connectivity index (χ2v) is 12.2. The van der Waals surface area contributed by atoms with Gasteiger partial charge in [-0.15, -0.1) is 0 Å². The summed E-state index contributed by atoms with van der Waals surface area (Å²) in [4.78, 5) is 0. The second kappa shape index (κ2) is 16.8. The Morgan fingerprint density at radius 2 is 0.842 bits per heavy atom. The molecule has 38 heavy (non-hydrogen) atoms. The van der Waals surface area contributed by atoms with Crippen LogP contribution in [0.5, 0.6) is 0 Å². The molecule has 0 aromatic carbocycles. The van der Waals surface area contributed by atoms with Gasteiger partial charge in [0.1, 0.15) is 0 Å². The summed E-state index contributed by atoms with van der Waals surface area (Å²) in [6.45, 7) is 9.62. The van der Waals surface area contributed by atoms with Crippen LogP contribution in [0.3, 0.4) is 0 Å². The van der Waals surface area contributed by atoms with Crippen molar-refractivity contribution >= 4 is 0 Å². The van der Waals surface area contributed by atoms with Gasteiger partial charge in [-0.25, -0.2) is 0 Å². The van der Waals surface area contributed by atoms with Crippen LogP contribution in [0.15, 0.2) is 0 Å². The van der Waals surface area contributed by atoms with Crippen LogP contribution in [0.4, 0.5) is 0 Å². The zero-order valence-corrected chi connectivity index (χ0v) is 24.2. The van der Waals surface area contributed by atoms with Crippen molar-refractivity contribution in [1.82, 2.24) is 0 Å². The monoisotopic (exact) mass is 544 g/mol. The van der Waals surface area contributed by atoms with Gasteiger partial charge in [0.25, 0.3) is 0 Å². The number of hydrogen-bond donors (Lipinski definition) is 3. The molecule has 5 aliphatic rings. The predicted molar refractivity (Wildman–Crippen MR) is 146 cm³/mol. The highest BCUT2D eigenvalue weighted by Gasteiger charge is 2.37. The molecule has 8 atom stereocenters. The summed E-state index contributed by atoms with van der Waals surface area (Å²) in [5.74, 6) is 0. The SMILES string of the molecule is CC1CO1.CC1CO1.CCC(COC1CCCCC1O)(COC1CCCCC1O)COC1CCCCC1O. The summed E-state index contributed by atoms with van der Waals surface area (Å²) in [5.41, 5.74) is -0.342. The quantitative estimate of drug-likeness (QED) is 0.352. The van der Waals surface area contributed by atoms with E-state index in [1.807, 2.05) is 0 Å². The zero-order chi connectivity index (χ0) is 27.4. The van der Waals surface area contributed by atoms with Gasteiger partial charge in [0.15, 0.2) is 0 Å². The number of ether oxygens (including phenoxy) is 5. The van der Waals surface area contributed by atoms with E-state index in [4.69, 9.17) is 23.7 Å². The molecular formula is C30H56O8. The second-order valence-electron chi connectivity index (χ2n) is 12.2. The number of rotatable bonds is 10. The van der Waals surface area contributed by atoms with Crippen molar-refractivity contribution in [2.75, 3.05) is 33.0 Å². The molecule has 2 heterocycles. The van der Waals surface area contributed by atoms with Gasteiger partial charge >= 0.3 is 0 Å². The van der Waals surface area contributed by atoms with Crippen LogP contribution in [0.2, 0.25) is 0 Å². The fourth-order valence-electron chi connectivity index (χ4n) is 5.29. The Morgan fingerprint density at radius 1 is 0.579 bits per heavy atom.